The van der Waals surface area contributed by atoms with Crippen LogP contribution in [0.3, 0.4) is 0 Å². The van der Waals surface area contributed by atoms with Gasteiger partial charge in [0.05, 0.1) is 12.7 Å². The zero-order valence-electron chi connectivity index (χ0n) is 14.7. The van der Waals surface area contributed by atoms with Crippen LogP contribution in [-0.2, 0) is 16.0 Å². The topological polar surface area (TPSA) is 68.5 Å². The number of methoxy groups -OCH3 is 1. The van der Waals surface area contributed by atoms with Crippen LogP contribution in [0.1, 0.15) is 5.76 Å². The third-order valence-electron chi connectivity index (χ3n) is 3.80. The first kappa shape index (κ1) is 17.9. The zero-order chi connectivity index (χ0) is 18.7. The van der Waals surface area contributed by atoms with Crippen molar-refractivity contribution < 1.29 is 13.9 Å². The van der Waals surface area contributed by atoms with Crippen LogP contribution in [0.5, 0.6) is 0 Å². The molecule has 3 rings (SSSR count). The summed E-state index contributed by atoms with van der Waals surface area (Å²) >= 11 is 5.96. The Morgan fingerprint density at radius 3 is 2.42 bits per heavy atom. The lowest BCUT2D eigenvalue weighted by Crippen LogP contribution is -2.09. The first-order chi connectivity index (χ1) is 12.5. The van der Waals surface area contributed by atoms with Crippen LogP contribution < -0.4 is 4.90 Å². The van der Waals surface area contributed by atoms with Crippen molar-refractivity contribution in [2.75, 3.05) is 26.1 Å². The average molecular weight is 372 g/mol. The highest BCUT2D eigenvalue weighted by atomic mass is 35.5. The van der Waals surface area contributed by atoms with Crippen molar-refractivity contribution in [2.24, 2.45) is 0 Å². The van der Waals surface area contributed by atoms with Gasteiger partial charge in [0.15, 0.2) is 0 Å². The Morgan fingerprint density at radius 2 is 1.85 bits per heavy atom. The monoisotopic (exact) mass is 371 g/mol. The molecule has 2 heterocycles. The van der Waals surface area contributed by atoms with Crippen LogP contribution in [-0.4, -0.2) is 37.1 Å². The summed E-state index contributed by atoms with van der Waals surface area (Å²) in [4.78, 5) is 22.6. The minimum absolute atomic E-state index is 0.00926. The molecule has 0 aliphatic rings. The molecular weight excluding hydrogens is 354 g/mol. The summed E-state index contributed by atoms with van der Waals surface area (Å²) in [5, 5.41) is 0.621. The summed E-state index contributed by atoms with van der Waals surface area (Å²) in [5.41, 5.74) is 2.11. The van der Waals surface area contributed by atoms with E-state index in [9.17, 15) is 4.79 Å². The Hall–Kier alpha value is -2.86. The minimum atomic E-state index is -0.399. The van der Waals surface area contributed by atoms with Crippen molar-refractivity contribution in [3.63, 3.8) is 0 Å². The standard InChI is InChI=1S/C19H18ClN3O3/c1-23(2)16-9-6-13(11-21-16)19-22-18(12-4-7-14(20)8-5-12)15(26-19)10-17(24)25-3/h4-9,11H,10H2,1-3H3. The van der Waals surface area contributed by atoms with Crippen LogP contribution in [0, 0.1) is 0 Å². The van der Waals surface area contributed by atoms with Crippen molar-refractivity contribution in [2.45, 2.75) is 6.42 Å². The number of halogens is 1. The first-order valence-electron chi connectivity index (χ1n) is 7.94. The Bertz CT molecular complexity index is 903. The molecule has 0 saturated carbocycles. The van der Waals surface area contributed by atoms with E-state index in [2.05, 4.69) is 9.97 Å². The van der Waals surface area contributed by atoms with Gasteiger partial charge in [0, 0.05) is 30.9 Å². The number of ether oxygens (including phenoxy) is 1. The van der Waals surface area contributed by atoms with E-state index in [4.69, 9.17) is 20.8 Å². The van der Waals surface area contributed by atoms with Gasteiger partial charge in [0.25, 0.3) is 0 Å². The first-order valence-corrected chi connectivity index (χ1v) is 8.32. The second-order valence-corrected chi connectivity index (χ2v) is 6.29. The molecule has 134 valence electrons. The number of nitrogens with zero attached hydrogens (tertiary/aromatic N) is 3. The van der Waals surface area contributed by atoms with Crippen molar-refractivity contribution in [3.05, 3.63) is 53.4 Å². The SMILES string of the molecule is COC(=O)Cc1oc(-c2ccc(N(C)C)nc2)nc1-c1ccc(Cl)cc1. The molecule has 0 amide bonds. The molecule has 0 saturated heterocycles. The summed E-state index contributed by atoms with van der Waals surface area (Å²) in [7, 11) is 5.17. The summed E-state index contributed by atoms with van der Waals surface area (Å²) in [6, 6.07) is 10.9. The molecule has 0 aliphatic heterocycles. The summed E-state index contributed by atoms with van der Waals surface area (Å²) in [5.74, 6) is 1.26. The number of esters is 1. The van der Waals surface area contributed by atoms with Gasteiger partial charge in [-0.05, 0) is 24.3 Å². The van der Waals surface area contributed by atoms with Crippen LogP contribution in [0.4, 0.5) is 5.82 Å². The molecule has 7 heteroatoms. The van der Waals surface area contributed by atoms with E-state index in [1.165, 1.54) is 7.11 Å². The molecule has 0 unspecified atom stereocenters. The van der Waals surface area contributed by atoms with Gasteiger partial charge in [-0.1, -0.05) is 23.7 Å². The second kappa shape index (κ2) is 7.58. The number of hydrogen-bond acceptors (Lipinski definition) is 6. The van der Waals surface area contributed by atoms with Crippen molar-refractivity contribution in [1.29, 1.82) is 0 Å². The summed E-state index contributed by atoms with van der Waals surface area (Å²) < 4.78 is 10.6. The van der Waals surface area contributed by atoms with Crippen molar-refractivity contribution >= 4 is 23.4 Å². The number of benzene rings is 1. The Kier molecular flexibility index (Phi) is 5.23. The molecule has 3 aromatic rings. The molecule has 2 aromatic heterocycles. The molecule has 26 heavy (non-hydrogen) atoms. The van der Waals surface area contributed by atoms with E-state index in [1.54, 1.807) is 18.3 Å². The fourth-order valence-corrected chi connectivity index (χ4v) is 2.53. The summed E-state index contributed by atoms with van der Waals surface area (Å²) in [6.45, 7) is 0. The fraction of sp³-hybridized carbons (Fsp3) is 0.211. The van der Waals surface area contributed by atoms with Crippen molar-refractivity contribution in [1.82, 2.24) is 9.97 Å². The quantitative estimate of drug-likeness (QED) is 0.635. The van der Waals surface area contributed by atoms with Gasteiger partial charge in [0.2, 0.25) is 5.89 Å². The molecule has 0 spiro atoms. The maximum Gasteiger partial charge on any atom is 0.313 e. The summed E-state index contributed by atoms with van der Waals surface area (Å²) in [6.07, 6.45) is 1.68. The van der Waals surface area contributed by atoms with Crippen LogP contribution >= 0.6 is 11.6 Å². The average Bonchev–Trinajstić information content (AvgIpc) is 3.06. The molecular formula is C19H18ClN3O3. The largest absolute Gasteiger partial charge is 0.469 e. The molecule has 0 N–H and O–H groups in total. The van der Waals surface area contributed by atoms with E-state index in [0.717, 1.165) is 16.9 Å². The van der Waals surface area contributed by atoms with E-state index in [1.807, 2.05) is 43.3 Å². The highest BCUT2D eigenvalue weighted by Gasteiger charge is 2.19. The smallest absolute Gasteiger partial charge is 0.313 e. The van der Waals surface area contributed by atoms with Gasteiger partial charge in [-0.15, -0.1) is 0 Å². The third kappa shape index (κ3) is 3.86. The van der Waals surface area contributed by atoms with E-state index >= 15 is 0 Å². The van der Waals surface area contributed by atoms with Crippen LogP contribution in [0.25, 0.3) is 22.7 Å². The maximum atomic E-state index is 11.7. The number of carbonyl (C=O) groups is 1. The molecule has 0 aliphatic carbocycles. The number of hydrogen-bond donors (Lipinski definition) is 0. The fourth-order valence-electron chi connectivity index (χ4n) is 2.41. The molecule has 0 atom stereocenters. The number of anilines is 1. The lowest BCUT2D eigenvalue weighted by atomic mass is 10.1. The van der Waals surface area contributed by atoms with E-state index in [-0.39, 0.29) is 6.42 Å². The van der Waals surface area contributed by atoms with Gasteiger partial charge in [-0.2, -0.15) is 0 Å². The second-order valence-electron chi connectivity index (χ2n) is 5.85. The lowest BCUT2D eigenvalue weighted by Gasteiger charge is -2.10. The van der Waals surface area contributed by atoms with Gasteiger partial charge < -0.3 is 14.1 Å². The predicted molar refractivity (Wildman–Crippen MR) is 100 cm³/mol. The Labute approximate surface area is 156 Å². The predicted octanol–water partition coefficient (Wildman–Crippen LogP) is 3.84. The normalized spacial score (nSPS) is 10.6. The molecule has 1 aromatic carbocycles. The van der Waals surface area contributed by atoms with E-state index in [0.29, 0.717) is 22.4 Å². The van der Waals surface area contributed by atoms with Crippen molar-refractivity contribution in [3.8, 4) is 22.7 Å². The highest BCUT2D eigenvalue weighted by molar-refractivity contribution is 6.30. The molecule has 6 nitrogen and oxygen atoms in total. The maximum absolute atomic E-state index is 11.7. The van der Waals surface area contributed by atoms with Gasteiger partial charge in [-0.25, -0.2) is 9.97 Å². The van der Waals surface area contributed by atoms with E-state index < -0.39 is 5.97 Å². The molecule has 0 fully saturated rings. The number of aromatic nitrogens is 2. The number of rotatable bonds is 5. The lowest BCUT2D eigenvalue weighted by molar-refractivity contribution is -0.140. The zero-order valence-corrected chi connectivity index (χ0v) is 15.4. The van der Waals surface area contributed by atoms with Crippen LogP contribution in [0.15, 0.2) is 47.0 Å². The minimum Gasteiger partial charge on any atom is -0.469 e. The van der Waals surface area contributed by atoms with Gasteiger partial charge in [0.1, 0.15) is 23.7 Å². The highest BCUT2D eigenvalue weighted by Crippen LogP contribution is 2.30. The number of pyridine rings is 1. The molecule has 0 bridgehead atoms. The molecule has 0 radical (unpaired) electrons. The third-order valence-corrected chi connectivity index (χ3v) is 4.05. The number of carbonyl (C=O) groups excluding carboxylic acids is 1. The number of oxazole rings is 1. The Morgan fingerprint density at radius 1 is 1.15 bits per heavy atom. The van der Waals surface area contributed by atoms with Gasteiger partial charge in [-0.3, -0.25) is 4.79 Å². The van der Waals surface area contributed by atoms with Gasteiger partial charge >= 0.3 is 5.97 Å². The Balaban J connectivity index is 2.02. The van der Waals surface area contributed by atoms with Crippen LogP contribution in [0.2, 0.25) is 5.02 Å².